The van der Waals surface area contributed by atoms with Gasteiger partial charge in [0.25, 0.3) is 5.56 Å². The minimum absolute atomic E-state index is 0.137. The lowest BCUT2D eigenvalue weighted by Gasteiger charge is -2.31. The highest BCUT2D eigenvalue weighted by molar-refractivity contribution is 7.98. The summed E-state index contributed by atoms with van der Waals surface area (Å²) in [4.78, 5) is 61.3. The highest BCUT2D eigenvalue weighted by Gasteiger charge is 2.56. The van der Waals surface area contributed by atoms with Gasteiger partial charge in [-0.05, 0) is 6.26 Å². The van der Waals surface area contributed by atoms with Crippen molar-refractivity contribution in [3.05, 3.63) is 33.1 Å². The van der Waals surface area contributed by atoms with E-state index >= 15 is 0 Å². The number of aromatic nitrogens is 2. The summed E-state index contributed by atoms with van der Waals surface area (Å²) in [6, 6.07) is 0.987. The fraction of sp³-hybridized carbons (Fsp3) is 0.636. The van der Waals surface area contributed by atoms with E-state index in [0.29, 0.717) is 0 Å². The lowest BCUT2D eigenvalue weighted by atomic mass is 10.00. The molecule has 0 bridgehead atoms. The molecule has 1 saturated heterocycles. The number of aliphatic hydroxyl groups excluding tert-OH is 1. The number of phosphoric ester groups is 1. The normalized spacial score (nSPS) is 30.0. The van der Waals surface area contributed by atoms with Gasteiger partial charge in [0.05, 0.1) is 6.61 Å². The second-order valence-electron chi connectivity index (χ2n) is 6.28. The smallest absolute Gasteiger partial charge is 0.388 e. The number of nitrogens with one attached hydrogen (secondary N) is 1. The van der Waals surface area contributed by atoms with Gasteiger partial charge in [-0.15, -0.1) is 11.6 Å². The lowest BCUT2D eigenvalue weighted by molar-refractivity contribution is -0.111. The van der Waals surface area contributed by atoms with Crippen LogP contribution in [0.5, 0.6) is 0 Å². The fourth-order valence-corrected chi connectivity index (χ4v) is 6.97. The zero-order chi connectivity index (χ0) is 24.5. The van der Waals surface area contributed by atoms with Crippen molar-refractivity contribution in [2.45, 2.75) is 23.3 Å². The zero-order valence-corrected chi connectivity index (χ0v) is 20.0. The van der Waals surface area contributed by atoms with Crippen LogP contribution in [0.1, 0.15) is 6.23 Å². The van der Waals surface area contributed by atoms with Crippen LogP contribution < -0.4 is 11.2 Å². The van der Waals surface area contributed by atoms with E-state index in [0.717, 1.165) is 28.6 Å². The van der Waals surface area contributed by atoms with Crippen LogP contribution in [-0.4, -0.2) is 69.9 Å². The Labute approximate surface area is 187 Å². The van der Waals surface area contributed by atoms with Crippen molar-refractivity contribution < 1.29 is 56.3 Å². The summed E-state index contributed by atoms with van der Waals surface area (Å²) in [5, 5.41) is 9.29. The monoisotopic (exact) mass is 562 g/mol. The van der Waals surface area contributed by atoms with E-state index in [1.165, 1.54) is 0 Å². The van der Waals surface area contributed by atoms with Crippen LogP contribution in [0.3, 0.4) is 0 Å². The molecule has 0 saturated carbocycles. The van der Waals surface area contributed by atoms with Crippen molar-refractivity contribution in [1.29, 1.82) is 0 Å². The SMILES string of the molecule is CSC[C@]1(COP(=O)(O)OP(=O)(O)OP(=O)(O)O)O[C@@H](n2ccc(=O)[nH]c2=O)[C@H](Cl)[C@@H]1O. The van der Waals surface area contributed by atoms with E-state index < -0.39 is 64.6 Å². The standard InChI is InChI=1S/C11H18ClN2O14P3S/c1-32-5-11(4-25-30(21,22)28-31(23,24)27-29(18,19)20)8(16)7(12)9(26-11)14-3-2-6(15)13-10(14)17/h2-3,7-9,16H,4-5H2,1H3,(H,21,22)(H,23,24)(H,13,15,17)(H2,18,19,20)/t7-,8+,9-,11+/m1/s1. The van der Waals surface area contributed by atoms with Gasteiger partial charge in [0.2, 0.25) is 0 Å². The molecule has 1 fully saturated rings. The van der Waals surface area contributed by atoms with Gasteiger partial charge >= 0.3 is 29.2 Å². The van der Waals surface area contributed by atoms with Crippen molar-refractivity contribution in [1.82, 2.24) is 9.55 Å². The summed E-state index contributed by atoms with van der Waals surface area (Å²) < 4.78 is 52.5. The molecule has 6 N–H and O–H groups in total. The molecule has 6 atom stereocenters. The van der Waals surface area contributed by atoms with Crippen LogP contribution in [-0.2, 0) is 31.6 Å². The number of H-pyrrole nitrogens is 1. The lowest BCUT2D eigenvalue weighted by Crippen LogP contribution is -2.48. The highest BCUT2D eigenvalue weighted by atomic mass is 35.5. The molecule has 21 heteroatoms. The van der Waals surface area contributed by atoms with E-state index in [1.807, 2.05) is 4.98 Å². The van der Waals surface area contributed by atoms with E-state index in [-0.39, 0.29) is 5.75 Å². The van der Waals surface area contributed by atoms with Gasteiger partial charge in [-0.1, -0.05) is 0 Å². The maximum Gasteiger partial charge on any atom is 0.490 e. The molecule has 1 aromatic heterocycles. The minimum Gasteiger partial charge on any atom is -0.388 e. The molecular weight excluding hydrogens is 545 g/mol. The van der Waals surface area contributed by atoms with Gasteiger partial charge in [-0.3, -0.25) is 18.9 Å². The predicted octanol–water partition coefficient (Wildman–Crippen LogP) is -0.521. The number of hydrogen-bond donors (Lipinski definition) is 6. The first kappa shape index (κ1) is 27.9. The molecule has 0 amide bonds. The van der Waals surface area contributed by atoms with Crippen molar-refractivity contribution in [2.75, 3.05) is 18.6 Å². The third kappa shape index (κ3) is 7.08. The van der Waals surface area contributed by atoms with Crippen LogP contribution in [0.4, 0.5) is 0 Å². The Morgan fingerprint density at radius 1 is 1.22 bits per heavy atom. The molecule has 1 aliphatic heterocycles. The second-order valence-corrected chi connectivity index (χ2v) is 12.1. The third-order valence-corrected chi connectivity index (χ3v) is 8.88. The highest BCUT2D eigenvalue weighted by Crippen LogP contribution is 2.66. The number of aliphatic hydroxyl groups is 1. The quantitative estimate of drug-likeness (QED) is 0.155. The minimum atomic E-state index is -5.75. The molecule has 2 rings (SSSR count). The average molecular weight is 563 g/mol. The number of halogens is 1. The number of rotatable bonds is 10. The predicted molar refractivity (Wildman–Crippen MR) is 108 cm³/mol. The summed E-state index contributed by atoms with van der Waals surface area (Å²) in [7, 11) is -16.8. The number of alkyl halides is 1. The van der Waals surface area contributed by atoms with E-state index in [2.05, 4.69) is 13.1 Å². The van der Waals surface area contributed by atoms with E-state index in [9.17, 15) is 38.2 Å². The Kier molecular flexibility index (Phi) is 8.80. The molecule has 0 spiro atoms. The topological polar surface area (TPSA) is 244 Å². The maximum absolute atomic E-state index is 12.0. The van der Waals surface area contributed by atoms with Crippen molar-refractivity contribution in [3.8, 4) is 0 Å². The van der Waals surface area contributed by atoms with Gasteiger partial charge in [0.1, 0.15) is 17.1 Å². The maximum atomic E-state index is 12.0. The van der Waals surface area contributed by atoms with Crippen molar-refractivity contribution in [2.24, 2.45) is 0 Å². The largest absolute Gasteiger partial charge is 0.490 e. The Hall–Kier alpha value is -0.350. The molecule has 0 aromatic carbocycles. The summed E-state index contributed by atoms with van der Waals surface area (Å²) >= 11 is 7.24. The Morgan fingerprint density at radius 2 is 1.84 bits per heavy atom. The van der Waals surface area contributed by atoms with Crippen LogP contribution in [0.25, 0.3) is 0 Å². The molecule has 0 radical (unpaired) electrons. The Bertz CT molecular complexity index is 1090. The zero-order valence-electron chi connectivity index (χ0n) is 15.8. The van der Waals surface area contributed by atoms with E-state index in [4.69, 9.17) is 26.1 Å². The molecule has 1 aliphatic rings. The van der Waals surface area contributed by atoms with Gasteiger partial charge in [-0.25, -0.2) is 18.5 Å². The average Bonchev–Trinajstić information content (AvgIpc) is 2.83. The van der Waals surface area contributed by atoms with Gasteiger partial charge in [0, 0.05) is 18.0 Å². The number of phosphoric acid groups is 3. The molecule has 2 unspecified atom stereocenters. The Morgan fingerprint density at radius 3 is 2.38 bits per heavy atom. The second kappa shape index (κ2) is 10.1. The van der Waals surface area contributed by atoms with Crippen LogP contribution in [0.2, 0.25) is 0 Å². The number of thioether (sulfide) groups is 1. The first-order valence-corrected chi connectivity index (χ1v) is 14.4. The number of hydrogen-bond acceptors (Lipinski definition) is 11. The van der Waals surface area contributed by atoms with Gasteiger partial charge in [0.15, 0.2) is 6.23 Å². The van der Waals surface area contributed by atoms with Crippen LogP contribution in [0, 0.1) is 0 Å². The number of aromatic amines is 1. The van der Waals surface area contributed by atoms with E-state index in [1.54, 1.807) is 6.26 Å². The summed E-state index contributed by atoms with van der Waals surface area (Å²) in [5.74, 6) is -0.137. The fourth-order valence-electron chi connectivity index (χ4n) is 2.68. The number of ether oxygens (including phenoxy) is 1. The van der Waals surface area contributed by atoms with Crippen molar-refractivity contribution >= 4 is 46.8 Å². The number of nitrogens with zero attached hydrogens (tertiary/aromatic N) is 1. The first-order chi connectivity index (χ1) is 14.5. The summed E-state index contributed by atoms with van der Waals surface area (Å²) in [5.41, 5.74) is -3.50. The molecule has 32 heavy (non-hydrogen) atoms. The van der Waals surface area contributed by atoms with Crippen LogP contribution >= 0.6 is 46.8 Å². The molecule has 184 valence electrons. The first-order valence-electron chi connectivity index (χ1n) is 8.10. The Balaban J connectivity index is 2.25. The summed E-state index contributed by atoms with van der Waals surface area (Å²) in [6.45, 7) is -0.990. The molecule has 2 heterocycles. The molecule has 1 aromatic rings. The van der Waals surface area contributed by atoms with Crippen molar-refractivity contribution in [3.63, 3.8) is 0 Å². The van der Waals surface area contributed by atoms with Gasteiger partial charge in [-0.2, -0.15) is 20.4 Å². The molecular formula is C11H18ClN2O14P3S. The molecule has 16 nitrogen and oxygen atoms in total. The molecule has 0 aliphatic carbocycles. The van der Waals surface area contributed by atoms with Gasteiger partial charge < -0.3 is 29.4 Å². The van der Waals surface area contributed by atoms with Crippen LogP contribution in [0.15, 0.2) is 21.9 Å². The third-order valence-electron chi connectivity index (χ3n) is 3.87. The summed E-state index contributed by atoms with van der Waals surface area (Å²) in [6.07, 6.45) is -0.392.